The van der Waals surface area contributed by atoms with Crippen LogP contribution in [0.5, 0.6) is 0 Å². The lowest BCUT2D eigenvalue weighted by Crippen LogP contribution is -2.24. The Bertz CT molecular complexity index is 772. The SMILES string of the molecule is CS(=O)(=O)NCCc1nnc2c(C(F)(F)F)cc(Cl)cn12. The van der Waals surface area contributed by atoms with E-state index in [-0.39, 0.29) is 29.5 Å². The fourth-order valence-corrected chi connectivity index (χ4v) is 2.41. The van der Waals surface area contributed by atoms with E-state index in [4.69, 9.17) is 11.6 Å². The molecule has 11 heteroatoms. The van der Waals surface area contributed by atoms with Gasteiger partial charge < -0.3 is 0 Å². The fourth-order valence-electron chi connectivity index (χ4n) is 1.73. The molecule has 2 aromatic rings. The Balaban J connectivity index is 2.38. The van der Waals surface area contributed by atoms with Gasteiger partial charge in [-0.2, -0.15) is 13.2 Å². The largest absolute Gasteiger partial charge is 0.420 e. The van der Waals surface area contributed by atoms with E-state index in [9.17, 15) is 21.6 Å². The summed E-state index contributed by atoms with van der Waals surface area (Å²) >= 11 is 5.68. The highest BCUT2D eigenvalue weighted by atomic mass is 35.5. The fraction of sp³-hybridized carbons (Fsp3) is 0.400. The number of nitrogens with zero attached hydrogens (tertiary/aromatic N) is 3. The minimum absolute atomic E-state index is 0.00646. The molecule has 2 rings (SSSR count). The molecule has 0 aliphatic heterocycles. The van der Waals surface area contributed by atoms with E-state index >= 15 is 0 Å². The lowest BCUT2D eigenvalue weighted by molar-refractivity contribution is -0.136. The lowest BCUT2D eigenvalue weighted by atomic mass is 10.2. The highest BCUT2D eigenvalue weighted by molar-refractivity contribution is 7.88. The number of rotatable bonds is 4. The monoisotopic (exact) mass is 342 g/mol. The van der Waals surface area contributed by atoms with Crippen molar-refractivity contribution in [3.63, 3.8) is 0 Å². The van der Waals surface area contributed by atoms with Crippen molar-refractivity contribution in [2.45, 2.75) is 12.6 Å². The zero-order chi connectivity index (χ0) is 15.8. The Labute approximate surface area is 123 Å². The Morgan fingerprint density at radius 2 is 2.05 bits per heavy atom. The average molecular weight is 343 g/mol. The van der Waals surface area contributed by atoms with Gasteiger partial charge >= 0.3 is 6.18 Å². The van der Waals surface area contributed by atoms with Crippen LogP contribution >= 0.6 is 11.6 Å². The van der Waals surface area contributed by atoms with Crippen LogP contribution in [-0.4, -0.2) is 35.8 Å². The molecule has 0 saturated carbocycles. The van der Waals surface area contributed by atoms with Crippen molar-refractivity contribution in [1.82, 2.24) is 19.3 Å². The van der Waals surface area contributed by atoms with Crippen molar-refractivity contribution in [1.29, 1.82) is 0 Å². The zero-order valence-electron chi connectivity index (χ0n) is 10.6. The number of aromatic nitrogens is 3. The topological polar surface area (TPSA) is 76.4 Å². The Hall–Kier alpha value is -1.39. The summed E-state index contributed by atoms with van der Waals surface area (Å²) in [7, 11) is -3.38. The summed E-state index contributed by atoms with van der Waals surface area (Å²) < 4.78 is 63.9. The maximum Gasteiger partial charge on any atom is 0.420 e. The molecular formula is C10H10ClF3N4O2S. The van der Waals surface area contributed by atoms with E-state index in [1.807, 2.05) is 0 Å². The maximum absolute atomic E-state index is 12.9. The van der Waals surface area contributed by atoms with Gasteiger partial charge in [0, 0.05) is 19.2 Å². The van der Waals surface area contributed by atoms with Crippen molar-refractivity contribution < 1.29 is 21.6 Å². The molecule has 2 aromatic heterocycles. The van der Waals surface area contributed by atoms with Crippen LogP contribution in [0.4, 0.5) is 13.2 Å². The number of sulfonamides is 1. The van der Waals surface area contributed by atoms with Crippen LogP contribution in [0.2, 0.25) is 5.02 Å². The third kappa shape index (κ3) is 3.83. The highest BCUT2D eigenvalue weighted by Gasteiger charge is 2.35. The second-order valence-electron chi connectivity index (χ2n) is 4.30. The second-order valence-corrected chi connectivity index (χ2v) is 6.57. The van der Waals surface area contributed by atoms with Crippen LogP contribution < -0.4 is 4.72 Å². The Kier molecular flexibility index (Phi) is 4.13. The number of fused-ring (bicyclic) bond motifs is 1. The first-order valence-electron chi connectivity index (χ1n) is 5.63. The molecule has 0 unspecified atom stereocenters. The molecule has 0 amide bonds. The van der Waals surface area contributed by atoms with Crippen LogP contribution in [0, 0.1) is 0 Å². The minimum Gasteiger partial charge on any atom is -0.284 e. The van der Waals surface area contributed by atoms with Crippen molar-refractivity contribution >= 4 is 27.3 Å². The molecule has 21 heavy (non-hydrogen) atoms. The summed E-state index contributed by atoms with van der Waals surface area (Å²) in [6.45, 7) is -0.00646. The second kappa shape index (κ2) is 5.43. The summed E-state index contributed by atoms with van der Waals surface area (Å²) in [5, 5.41) is 7.03. The first-order valence-corrected chi connectivity index (χ1v) is 7.90. The van der Waals surface area contributed by atoms with Gasteiger partial charge in [0.05, 0.1) is 11.3 Å². The third-order valence-corrected chi connectivity index (χ3v) is 3.50. The standard InChI is InChI=1S/C10H10ClF3N4O2S/c1-21(19,20)15-3-2-8-16-17-9-7(10(12,13)14)4-6(11)5-18(8)9/h4-5,15H,2-3H2,1H3. The minimum atomic E-state index is -4.61. The van der Waals surface area contributed by atoms with E-state index in [2.05, 4.69) is 14.9 Å². The van der Waals surface area contributed by atoms with E-state index < -0.39 is 21.8 Å². The van der Waals surface area contributed by atoms with E-state index in [1.54, 1.807) is 0 Å². The number of halogens is 4. The maximum atomic E-state index is 12.9. The van der Waals surface area contributed by atoms with Crippen molar-refractivity contribution in [2.75, 3.05) is 12.8 Å². The third-order valence-electron chi connectivity index (χ3n) is 2.56. The zero-order valence-corrected chi connectivity index (χ0v) is 12.2. The molecule has 2 heterocycles. The number of pyridine rings is 1. The molecule has 6 nitrogen and oxygen atoms in total. The van der Waals surface area contributed by atoms with Gasteiger partial charge in [0.1, 0.15) is 11.4 Å². The van der Waals surface area contributed by atoms with Gasteiger partial charge in [-0.25, -0.2) is 13.1 Å². The summed E-state index contributed by atoms with van der Waals surface area (Å²) in [6.07, 6.45) is -2.30. The van der Waals surface area contributed by atoms with Crippen LogP contribution in [-0.2, 0) is 22.6 Å². The first kappa shape index (κ1) is 16.0. The van der Waals surface area contributed by atoms with Gasteiger partial charge in [0.2, 0.25) is 10.0 Å². The molecule has 0 radical (unpaired) electrons. The van der Waals surface area contributed by atoms with Crippen LogP contribution in [0.1, 0.15) is 11.4 Å². The van der Waals surface area contributed by atoms with Crippen LogP contribution in [0.3, 0.4) is 0 Å². The Morgan fingerprint density at radius 3 is 2.62 bits per heavy atom. The van der Waals surface area contributed by atoms with E-state index in [0.29, 0.717) is 0 Å². The van der Waals surface area contributed by atoms with Gasteiger partial charge in [-0.05, 0) is 6.07 Å². The first-order chi connectivity index (χ1) is 9.58. The summed E-state index contributed by atoms with van der Waals surface area (Å²) in [5.41, 5.74) is -1.37. The predicted molar refractivity (Wildman–Crippen MR) is 69.5 cm³/mol. The van der Waals surface area contributed by atoms with Crippen LogP contribution in [0.15, 0.2) is 12.3 Å². The summed E-state index contributed by atoms with van der Waals surface area (Å²) in [6, 6.07) is 0.768. The molecule has 0 saturated heterocycles. The molecule has 0 fully saturated rings. The van der Waals surface area contributed by atoms with Gasteiger partial charge in [-0.15, -0.1) is 10.2 Å². The number of hydrogen-bond donors (Lipinski definition) is 1. The van der Waals surface area contributed by atoms with Crippen molar-refractivity contribution in [2.24, 2.45) is 0 Å². The van der Waals surface area contributed by atoms with Crippen LogP contribution in [0.25, 0.3) is 5.65 Å². The number of hydrogen-bond acceptors (Lipinski definition) is 4. The quantitative estimate of drug-likeness (QED) is 0.913. The molecule has 0 bridgehead atoms. The van der Waals surface area contributed by atoms with E-state index in [0.717, 1.165) is 16.7 Å². The summed E-state index contributed by atoms with van der Waals surface area (Å²) in [5.74, 6) is 0.175. The molecule has 0 aliphatic rings. The molecule has 1 N–H and O–H groups in total. The van der Waals surface area contributed by atoms with Crippen molar-refractivity contribution in [3.8, 4) is 0 Å². The van der Waals surface area contributed by atoms with E-state index in [1.165, 1.54) is 6.20 Å². The number of nitrogens with one attached hydrogen (secondary N) is 1. The molecule has 0 aromatic carbocycles. The molecule has 0 aliphatic carbocycles. The summed E-state index contributed by atoms with van der Waals surface area (Å²) in [4.78, 5) is 0. The molecule has 116 valence electrons. The van der Waals surface area contributed by atoms with Gasteiger partial charge in [0.15, 0.2) is 5.65 Å². The molecule has 0 atom stereocenters. The van der Waals surface area contributed by atoms with Gasteiger partial charge in [-0.1, -0.05) is 11.6 Å². The Morgan fingerprint density at radius 1 is 1.38 bits per heavy atom. The predicted octanol–water partition coefficient (Wildman–Crippen LogP) is 1.49. The number of alkyl halides is 3. The lowest BCUT2D eigenvalue weighted by Gasteiger charge is -2.09. The smallest absolute Gasteiger partial charge is 0.284 e. The molecular weight excluding hydrogens is 333 g/mol. The average Bonchev–Trinajstić information content (AvgIpc) is 2.68. The van der Waals surface area contributed by atoms with Crippen molar-refractivity contribution in [3.05, 3.63) is 28.7 Å². The molecule has 0 spiro atoms. The normalized spacial score (nSPS) is 13.0. The van der Waals surface area contributed by atoms with Gasteiger partial charge in [0.25, 0.3) is 0 Å². The van der Waals surface area contributed by atoms with Gasteiger partial charge in [-0.3, -0.25) is 4.40 Å². The highest BCUT2D eigenvalue weighted by Crippen LogP contribution is 2.33.